The zero-order chi connectivity index (χ0) is 26.6. The number of rotatable bonds is 22. The Balaban J connectivity index is 1.95. The lowest BCUT2D eigenvalue weighted by molar-refractivity contribution is 0.304. The van der Waals surface area contributed by atoms with Crippen LogP contribution in [0.3, 0.4) is 0 Å². The molecule has 2 aromatic carbocycles. The molecule has 0 bridgehead atoms. The molecule has 2 aromatic rings. The number of ether oxygens (including phenoxy) is 3. The number of hydrogen-bond acceptors (Lipinski definition) is 3. The van der Waals surface area contributed by atoms with E-state index in [4.69, 9.17) is 14.2 Å². The minimum absolute atomic E-state index is 0.618. The molecule has 2 rings (SSSR count). The molecule has 0 saturated heterocycles. The maximum absolute atomic E-state index is 6.37. The van der Waals surface area contributed by atoms with Crippen molar-refractivity contribution in [2.75, 3.05) is 13.2 Å². The molecule has 0 atom stereocenters. The Morgan fingerprint density at radius 1 is 0.432 bits per heavy atom. The van der Waals surface area contributed by atoms with E-state index in [9.17, 15) is 0 Å². The zero-order valence-corrected chi connectivity index (χ0v) is 24.4. The summed E-state index contributed by atoms with van der Waals surface area (Å²) in [5, 5.41) is 0. The summed E-state index contributed by atoms with van der Waals surface area (Å²) in [6, 6.07) is 12.8. The molecule has 0 saturated carbocycles. The molecule has 0 aromatic heterocycles. The Kier molecular flexibility index (Phi) is 16.7. The summed E-state index contributed by atoms with van der Waals surface area (Å²) in [5.41, 5.74) is 2.64. The SMILES string of the molecule is CCCCCCCCCc1ccc(Oc2ccc(CCCCCCCCC)cc2OCC)c(OCC)c1. The van der Waals surface area contributed by atoms with Gasteiger partial charge in [0.25, 0.3) is 0 Å². The van der Waals surface area contributed by atoms with Crippen LogP contribution in [0.4, 0.5) is 0 Å². The highest BCUT2D eigenvalue weighted by molar-refractivity contribution is 5.50. The summed E-state index contributed by atoms with van der Waals surface area (Å²) in [7, 11) is 0. The van der Waals surface area contributed by atoms with Crippen molar-refractivity contribution in [2.24, 2.45) is 0 Å². The van der Waals surface area contributed by atoms with E-state index in [1.807, 2.05) is 13.8 Å². The van der Waals surface area contributed by atoms with E-state index >= 15 is 0 Å². The lowest BCUT2D eigenvalue weighted by Gasteiger charge is -2.16. The van der Waals surface area contributed by atoms with Gasteiger partial charge in [0.15, 0.2) is 23.0 Å². The first kappa shape index (κ1) is 31.1. The third kappa shape index (κ3) is 12.8. The Hall–Kier alpha value is -2.16. The van der Waals surface area contributed by atoms with Gasteiger partial charge >= 0.3 is 0 Å². The summed E-state index contributed by atoms with van der Waals surface area (Å²) in [6.45, 7) is 9.83. The molecule has 0 fully saturated rings. The number of benzene rings is 2. The minimum Gasteiger partial charge on any atom is -0.490 e. The first-order valence-corrected chi connectivity index (χ1v) is 15.4. The molecular weight excluding hydrogens is 456 g/mol. The predicted octanol–water partition coefficient (Wildman–Crippen LogP) is 10.9. The van der Waals surface area contributed by atoms with Crippen molar-refractivity contribution in [3.05, 3.63) is 47.5 Å². The minimum atomic E-state index is 0.618. The van der Waals surface area contributed by atoms with Gasteiger partial charge in [-0.05, 0) is 74.9 Å². The molecule has 0 amide bonds. The normalized spacial score (nSPS) is 11.0. The van der Waals surface area contributed by atoms with Gasteiger partial charge in [0.1, 0.15) is 0 Å². The summed E-state index contributed by atoms with van der Waals surface area (Å²) >= 11 is 0. The molecule has 0 aliphatic heterocycles. The standard InChI is InChI=1S/C34H54O3/c1-5-9-11-13-15-17-19-21-29-23-25-31(33(27-29)35-7-3)37-32-26-24-30(28-34(32)36-8-4)22-20-18-16-14-12-10-6-2/h23-28H,5-22H2,1-4H3. The molecule has 0 N–H and O–H groups in total. The van der Waals surface area contributed by atoms with Crippen molar-refractivity contribution in [1.82, 2.24) is 0 Å². The van der Waals surface area contributed by atoms with Gasteiger partial charge in [-0.3, -0.25) is 0 Å². The van der Waals surface area contributed by atoms with Crippen molar-refractivity contribution in [3.8, 4) is 23.0 Å². The van der Waals surface area contributed by atoms with Crippen molar-refractivity contribution in [1.29, 1.82) is 0 Å². The Morgan fingerprint density at radius 3 is 1.19 bits per heavy atom. The highest BCUT2D eigenvalue weighted by Crippen LogP contribution is 2.38. The Bertz CT molecular complexity index is 775. The van der Waals surface area contributed by atoms with E-state index in [-0.39, 0.29) is 0 Å². The summed E-state index contributed by atoms with van der Waals surface area (Å²) in [5.74, 6) is 3.15. The van der Waals surface area contributed by atoms with Gasteiger partial charge in [-0.25, -0.2) is 0 Å². The van der Waals surface area contributed by atoms with E-state index < -0.39 is 0 Å². The molecule has 0 aliphatic rings. The first-order chi connectivity index (χ1) is 18.2. The number of hydrogen-bond donors (Lipinski definition) is 0. The van der Waals surface area contributed by atoms with E-state index in [1.165, 1.54) is 101 Å². The molecule has 37 heavy (non-hydrogen) atoms. The van der Waals surface area contributed by atoms with Gasteiger partial charge in [-0.2, -0.15) is 0 Å². The molecule has 0 radical (unpaired) electrons. The van der Waals surface area contributed by atoms with Crippen LogP contribution in [0.1, 0.15) is 129 Å². The molecule has 3 nitrogen and oxygen atoms in total. The van der Waals surface area contributed by atoms with Crippen LogP contribution < -0.4 is 14.2 Å². The molecule has 0 unspecified atom stereocenters. The highest BCUT2D eigenvalue weighted by atomic mass is 16.5. The molecule has 208 valence electrons. The largest absolute Gasteiger partial charge is 0.490 e. The second kappa shape index (κ2) is 19.9. The van der Waals surface area contributed by atoms with Crippen LogP contribution in [0.15, 0.2) is 36.4 Å². The topological polar surface area (TPSA) is 27.7 Å². The molecular formula is C34H54O3. The van der Waals surface area contributed by atoms with Crippen molar-refractivity contribution < 1.29 is 14.2 Å². The molecule has 3 heteroatoms. The number of aryl methyl sites for hydroxylation is 2. The third-order valence-electron chi connectivity index (χ3n) is 6.97. The second-order valence-electron chi connectivity index (χ2n) is 10.3. The van der Waals surface area contributed by atoms with E-state index in [2.05, 4.69) is 50.2 Å². The second-order valence-corrected chi connectivity index (χ2v) is 10.3. The highest BCUT2D eigenvalue weighted by Gasteiger charge is 2.13. The van der Waals surface area contributed by atoms with Crippen molar-refractivity contribution in [3.63, 3.8) is 0 Å². The van der Waals surface area contributed by atoms with Crippen LogP contribution >= 0.6 is 0 Å². The average Bonchev–Trinajstić information content (AvgIpc) is 2.90. The van der Waals surface area contributed by atoms with Gasteiger partial charge < -0.3 is 14.2 Å². The van der Waals surface area contributed by atoms with Crippen LogP contribution in [0.25, 0.3) is 0 Å². The van der Waals surface area contributed by atoms with Gasteiger partial charge in [0.05, 0.1) is 13.2 Å². The van der Waals surface area contributed by atoms with Crippen LogP contribution in [-0.4, -0.2) is 13.2 Å². The monoisotopic (exact) mass is 510 g/mol. The summed E-state index contributed by atoms with van der Waals surface area (Å²) in [4.78, 5) is 0. The van der Waals surface area contributed by atoms with Gasteiger partial charge in [-0.1, -0.05) is 103 Å². The van der Waals surface area contributed by atoms with Crippen LogP contribution in [0.2, 0.25) is 0 Å². The Morgan fingerprint density at radius 2 is 0.811 bits per heavy atom. The van der Waals surface area contributed by atoms with Crippen LogP contribution in [-0.2, 0) is 12.8 Å². The number of unbranched alkanes of at least 4 members (excludes halogenated alkanes) is 12. The fraction of sp³-hybridized carbons (Fsp3) is 0.647. The average molecular weight is 511 g/mol. The smallest absolute Gasteiger partial charge is 0.169 e. The van der Waals surface area contributed by atoms with Gasteiger partial charge in [0, 0.05) is 0 Å². The van der Waals surface area contributed by atoms with Crippen LogP contribution in [0.5, 0.6) is 23.0 Å². The van der Waals surface area contributed by atoms with E-state index in [0.717, 1.165) is 35.8 Å². The fourth-order valence-electron chi connectivity index (χ4n) is 4.81. The maximum atomic E-state index is 6.37. The zero-order valence-electron chi connectivity index (χ0n) is 24.4. The third-order valence-corrected chi connectivity index (χ3v) is 6.97. The maximum Gasteiger partial charge on any atom is 0.169 e. The molecule has 0 aliphatic carbocycles. The van der Waals surface area contributed by atoms with Crippen LogP contribution in [0, 0.1) is 0 Å². The predicted molar refractivity (Wildman–Crippen MR) is 159 cm³/mol. The van der Waals surface area contributed by atoms with E-state index in [0.29, 0.717) is 13.2 Å². The lowest BCUT2D eigenvalue weighted by atomic mass is 10.0. The van der Waals surface area contributed by atoms with Gasteiger partial charge in [0.2, 0.25) is 0 Å². The lowest BCUT2D eigenvalue weighted by Crippen LogP contribution is -2.00. The molecule has 0 spiro atoms. The van der Waals surface area contributed by atoms with Crippen molar-refractivity contribution in [2.45, 2.75) is 130 Å². The first-order valence-electron chi connectivity index (χ1n) is 15.4. The van der Waals surface area contributed by atoms with Crippen molar-refractivity contribution >= 4 is 0 Å². The Labute approximate surface area is 228 Å². The van der Waals surface area contributed by atoms with Gasteiger partial charge in [-0.15, -0.1) is 0 Å². The summed E-state index contributed by atoms with van der Waals surface area (Å²) < 4.78 is 18.3. The molecule has 0 heterocycles. The summed E-state index contributed by atoms with van der Waals surface area (Å²) in [6.07, 6.45) is 20.8. The quantitative estimate of drug-likeness (QED) is 0.147. The van der Waals surface area contributed by atoms with E-state index in [1.54, 1.807) is 0 Å². The fourth-order valence-corrected chi connectivity index (χ4v) is 4.81.